The molecule has 0 fully saturated rings. The second-order valence-corrected chi connectivity index (χ2v) is 6.08. The normalized spacial score (nSPS) is 16.4. The number of carbonyl (C=O) groups excluding carboxylic acids is 1. The van der Waals surface area contributed by atoms with Gasteiger partial charge in [-0.3, -0.25) is 19.1 Å². The monoisotopic (exact) mass is 393 g/mol. The van der Waals surface area contributed by atoms with Gasteiger partial charge in [-0.25, -0.2) is 9.36 Å². The van der Waals surface area contributed by atoms with Gasteiger partial charge in [-0.1, -0.05) is 5.92 Å². The molecule has 1 amide bonds. The molecule has 1 atom stereocenters. The Morgan fingerprint density at radius 3 is 2.50 bits per heavy atom. The van der Waals surface area contributed by atoms with Gasteiger partial charge >= 0.3 is 11.9 Å². The van der Waals surface area contributed by atoms with Crippen molar-refractivity contribution in [3.8, 4) is 23.8 Å². The minimum atomic E-state index is -4.86. The molecular weight excluding hydrogens is 379 g/mol. The lowest BCUT2D eigenvalue weighted by Gasteiger charge is -2.32. The Labute approximate surface area is 156 Å². The zero-order valence-corrected chi connectivity index (χ0v) is 14.8. The van der Waals surface area contributed by atoms with Crippen molar-refractivity contribution in [3.63, 3.8) is 0 Å². The van der Waals surface area contributed by atoms with Crippen molar-refractivity contribution in [1.29, 1.82) is 0 Å². The van der Waals surface area contributed by atoms with Gasteiger partial charge in [-0.15, -0.1) is 6.42 Å². The molecule has 1 unspecified atom stereocenters. The molecule has 7 nitrogen and oxygen atoms in total. The van der Waals surface area contributed by atoms with Crippen molar-refractivity contribution in [3.05, 3.63) is 50.8 Å². The van der Waals surface area contributed by atoms with Crippen LogP contribution in [-0.2, 0) is 18.0 Å². The predicted octanol–water partition coefficient (Wildman–Crippen LogP) is 1.30. The Balaban J connectivity index is 2.22. The number of benzene rings is 1. The molecule has 0 radical (unpaired) electrons. The van der Waals surface area contributed by atoms with Crippen molar-refractivity contribution in [1.82, 2.24) is 9.13 Å². The lowest BCUT2D eigenvalue weighted by molar-refractivity contribution is -0.144. The van der Waals surface area contributed by atoms with Crippen LogP contribution in [0.2, 0.25) is 0 Å². The summed E-state index contributed by atoms with van der Waals surface area (Å²) in [6.07, 6.45) is -0.344. The standard InChI is InChI=1S/C18H14F3N3O4/c1-4-7-23-12-8-11(5-6-13(12)28-10(2)16(23)26)24-15(25)9-14(18(19,20)21)22(3)17(24)27/h1,5-6,8-10H,7H2,2-3H3. The summed E-state index contributed by atoms with van der Waals surface area (Å²) in [4.78, 5) is 38.2. The molecule has 3 rings (SSSR count). The number of hydrogen-bond acceptors (Lipinski definition) is 4. The molecule has 2 heterocycles. The van der Waals surface area contributed by atoms with E-state index in [-0.39, 0.29) is 17.9 Å². The fourth-order valence-electron chi connectivity index (χ4n) is 2.92. The van der Waals surface area contributed by atoms with E-state index in [4.69, 9.17) is 11.2 Å². The number of nitrogens with zero attached hydrogens (tertiary/aromatic N) is 3. The van der Waals surface area contributed by atoms with Crippen molar-refractivity contribution < 1.29 is 22.7 Å². The van der Waals surface area contributed by atoms with Crippen LogP contribution in [0.25, 0.3) is 5.69 Å². The van der Waals surface area contributed by atoms with E-state index in [1.165, 1.54) is 23.1 Å². The van der Waals surface area contributed by atoms with Crippen molar-refractivity contribution in [2.24, 2.45) is 7.05 Å². The zero-order chi connectivity index (χ0) is 20.8. The predicted molar refractivity (Wildman–Crippen MR) is 93.6 cm³/mol. The second-order valence-electron chi connectivity index (χ2n) is 6.08. The maximum Gasteiger partial charge on any atom is 0.431 e. The summed E-state index contributed by atoms with van der Waals surface area (Å²) in [5.74, 6) is 2.21. The number of hydrogen-bond donors (Lipinski definition) is 0. The molecule has 0 bridgehead atoms. The van der Waals surface area contributed by atoms with E-state index in [1.54, 1.807) is 6.92 Å². The number of amides is 1. The molecule has 0 saturated heterocycles. The van der Waals surface area contributed by atoms with Crippen LogP contribution in [0.15, 0.2) is 33.9 Å². The van der Waals surface area contributed by atoms with Gasteiger partial charge in [-0.05, 0) is 25.1 Å². The number of carbonyl (C=O) groups is 1. The van der Waals surface area contributed by atoms with Crippen molar-refractivity contribution >= 4 is 11.6 Å². The minimum Gasteiger partial charge on any atom is -0.479 e. The Morgan fingerprint density at radius 2 is 1.89 bits per heavy atom. The second kappa shape index (κ2) is 6.60. The van der Waals surface area contributed by atoms with E-state index in [0.717, 1.165) is 7.05 Å². The summed E-state index contributed by atoms with van der Waals surface area (Å²) in [6.45, 7) is 1.46. The first-order chi connectivity index (χ1) is 13.1. The summed E-state index contributed by atoms with van der Waals surface area (Å²) in [6, 6.07) is 4.39. The van der Waals surface area contributed by atoms with E-state index in [1.807, 2.05) is 0 Å². The summed E-state index contributed by atoms with van der Waals surface area (Å²) in [7, 11) is 0.915. The summed E-state index contributed by atoms with van der Waals surface area (Å²) in [5, 5.41) is 0. The van der Waals surface area contributed by atoms with Gasteiger partial charge < -0.3 is 4.74 Å². The highest BCUT2D eigenvalue weighted by Gasteiger charge is 2.35. The largest absolute Gasteiger partial charge is 0.479 e. The van der Waals surface area contributed by atoms with Crippen LogP contribution in [-0.4, -0.2) is 27.7 Å². The van der Waals surface area contributed by atoms with E-state index >= 15 is 0 Å². The fourth-order valence-corrected chi connectivity index (χ4v) is 2.92. The lowest BCUT2D eigenvalue weighted by Crippen LogP contribution is -2.45. The Hall–Kier alpha value is -3.48. The first-order valence-corrected chi connectivity index (χ1v) is 8.02. The third-order valence-corrected chi connectivity index (χ3v) is 4.27. The van der Waals surface area contributed by atoms with Crippen molar-refractivity contribution in [2.75, 3.05) is 11.4 Å². The first-order valence-electron chi connectivity index (χ1n) is 8.02. The van der Waals surface area contributed by atoms with E-state index in [0.29, 0.717) is 21.0 Å². The fraction of sp³-hybridized carbons (Fsp3) is 0.278. The van der Waals surface area contributed by atoms with Gasteiger partial charge in [0.1, 0.15) is 11.4 Å². The molecule has 0 saturated carbocycles. The van der Waals surface area contributed by atoms with E-state index < -0.39 is 35.1 Å². The number of rotatable bonds is 2. The highest BCUT2D eigenvalue weighted by atomic mass is 19.4. The van der Waals surface area contributed by atoms with Crippen LogP contribution in [0.3, 0.4) is 0 Å². The molecule has 0 spiro atoms. The topological polar surface area (TPSA) is 73.5 Å². The number of fused-ring (bicyclic) bond motifs is 1. The highest BCUT2D eigenvalue weighted by Crippen LogP contribution is 2.35. The molecule has 10 heteroatoms. The molecule has 1 aromatic carbocycles. The highest BCUT2D eigenvalue weighted by molar-refractivity contribution is 6.00. The first kappa shape index (κ1) is 19.3. The molecule has 0 N–H and O–H groups in total. The molecule has 1 aliphatic rings. The molecular formula is C18H14F3N3O4. The smallest absolute Gasteiger partial charge is 0.431 e. The van der Waals surface area contributed by atoms with Crippen LogP contribution in [0.4, 0.5) is 18.9 Å². The Kier molecular flexibility index (Phi) is 4.54. The van der Waals surface area contributed by atoms with Crippen LogP contribution < -0.4 is 20.9 Å². The van der Waals surface area contributed by atoms with Gasteiger partial charge in [0.05, 0.1) is 17.9 Å². The van der Waals surface area contributed by atoms with Gasteiger partial charge in [0.15, 0.2) is 6.10 Å². The van der Waals surface area contributed by atoms with Gasteiger partial charge in [0.2, 0.25) is 0 Å². The number of anilines is 1. The van der Waals surface area contributed by atoms with Gasteiger partial charge in [0.25, 0.3) is 11.5 Å². The quantitative estimate of drug-likeness (QED) is 0.721. The average molecular weight is 393 g/mol. The van der Waals surface area contributed by atoms with Gasteiger partial charge in [0, 0.05) is 13.1 Å². The average Bonchev–Trinajstić information content (AvgIpc) is 2.61. The number of halogens is 3. The Morgan fingerprint density at radius 1 is 1.21 bits per heavy atom. The number of terminal acetylenes is 1. The number of alkyl halides is 3. The van der Waals surface area contributed by atoms with Crippen LogP contribution >= 0.6 is 0 Å². The summed E-state index contributed by atoms with van der Waals surface area (Å²) >= 11 is 0. The van der Waals surface area contributed by atoms with E-state index in [2.05, 4.69) is 5.92 Å². The molecule has 1 aromatic heterocycles. The minimum absolute atomic E-state index is 0.0222. The molecule has 0 aliphatic carbocycles. The lowest BCUT2D eigenvalue weighted by atomic mass is 10.1. The number of ether oxygens (including phenoxy) is 1. The Bertz CT molecular complexity index is 1120. The van der Waals surface area contributed by atoms with Crippen molar-refractivity contribution in [2.45, 2.75) is 19.2 Å². The molecule has 1 aliphatic heterocycles. The zero-order valence-electron chi connectivity index (χ0n) is 14.8. The van der Waals surface area contributed by atoms with E-state index in [9.17, 15) is 27.6 Å². The third-order valence-electron chi connectivity index (χ3n) is 4.27. The maximum atomic E-state index is 13.0. The SMILES string of the molecule is C#CCN1C(=O)C(C)Oc2ccc(-n3c(=O)cc(C(F)(F)F)n(C)c3=O)cc21. The molecule has 28 heavy (non-hydrogen) atoms. The molecule has 2 aromatic rings. The van der Waals surface area contributed by atoms with Gasteiger partial charge in [-0.2, -0.15) is 13.2 Å². The number of aromatic nitrogens is 2. The third kappa shape index (κ3) is 3.05. The van der Waals surface area contributed by atoms with Crippen LogP contribution in [0.1, 0.15) is 12.6 Å². The van der Waals surface area contributed by atoms with Crippen LogP contribution in [0, 0.1) is 12.3 Å². The van der Waals surface area contributed by atoms with Crippen LogP contribution in [0.5, 0.6) is 5.75 Å². The molecule has 146 valence electrons. The summed E-state index contributed by atoms with van der Waals surface area (Å²) in [5.41, 5.74) is -3.51. The summed E-state index contributed by atoms with van der Waals surface area (Å²) < 4.78 is 45.4. The maximum absolute atomic E-state index is 13.0.